The molecule has 0 aliphatic heterocycles. The van der Waals surface area contributed by atoms with E-state index in [9.17, 15) is 18.0 Å². The van der Waals surface area contributed by atoms with E-state index in [1.807, 2.05) is 0 Å². The third-order valence-corrected chi connectivity index (χ3v) is 5.15. The molecule has 0 saturated heterocycles. The second kappa shape index (κ2) is 9.27. The maximum Gasteiger partial charge on any atom is 0.416 e. The number of fused-ring (bicyclic) bond motifs is 1. The number of aromatic amines is 1. The van der Waals surface area contributed by atoms with Crippen molar-refractivity contribution in [1.82, 2.24) is 30.4 Å². The zero-order valence-corrected chi connectivity index (χ0v) is 18.3. The molecule has 0 fully saturated rings. The Morgan fingerprint density at radius 2 is 2.09 bits per heavy atom. The molecule has 1 amide bonds. The molecule has 0 spiro atoms. The number of nitrogens with two attached hydrogens (primary N) is 1. The molecular formula is C20H18ClF3N8O2. The van der Waals surface area contributed by atoms with Crippen LogP contribution in [-0.2, 0) is 6.18 Å². The van der Waals surface area contributed by atoms with Crippen molar-refractivity contribution in [2.24, 2.45) is 5.73 Å². The van der Waals surface area contributed by atoms with Gasteiger partial charge in [0.2, 0.25) is 0 Å². The lowest BCUT2D eigenvalue weighted by molar-refractivity contribution is -0.137. The number of carbonyl (C=O) groups excluding carboxylic acids is 1. The number of anilines is 1. The molecule has 178 valence electrons. The first kappa shape index (κ1) is 23.4. The van der Waals surface area contributed by atoms with Crippen LogP contribution in [0, 0.1) is 0 Å². The molecule has 1 aromatic carbocycles. The zero-order chi connectivity index (χ0) is 24.5. The minimum absolute atomic E-state index is 0.0411. The summed E-state index contributed by atoms with van der Waals surface area (Å²) in [5.74, 6) is 0.210. The van der Waals surface area contributed by atoms with Crippen molar-refractivity contribution in [3.63, 3.8) is 0 Å². The average Bonchev–Trinajstić information content (AvgIpc) is 3.44. The molecule has 14 heteroatoms. The summed E-state index contributed by atoms with van der Waals surface area (Å²) >= 11 is 6.22. The first-order valence-electron chi connectivity index (χ1n) is 9.96. The number of carbonyl (C=O) groups is 1. The Kier molecular flexibility index (Phi) is 6.39. The molecule has 10 nitrogen and oxygen atoms in total. The molecule has 1 atom stereocenters. The molecule has 3 aromatic heterocycles. The van der Waals surface area contributed by atoms with Crippen LogP contribution in [0.2, 0.25) is 5.02 Å². The number of aromatic nitrogens is 5. The van der Waals surface area contributed by atoms with Crippen LogP contribution >= 0.6 is 11.6 Å². The topological polar surface area (TPSA) is 148 Å². The third kappa shape index (κ3) is 4.79. The van der Waals surface area contributed by atoms with E-state index in [-0.39, 0.29) is 39.3 Å². The number of halogens is 4. The first-order chi connectivity index (χ1) is 16.2. The van der Waals surface area contributed by atoms with Gasteiger partial charge in [-0.3, -0.25) is 4.79 Å². The monoisotopic (exact) mass is 494 g/mol. The Morgan fingerprint density at radius 3 is 2.82 bits per heavy atom. The lowest BCUT2D eigenvalue weighted by Gasteiger charge is -2.12. The summed E-state index contributed by atoms with van der Waals surface area (Å²) in [6, 6.07) is 4.07. The highest BCUT2D eigenvalue weighted by atomic mass is 35.5. The summed E-state index contributed by atoms with van der Waals surface area (Å²) in [4.78, 5) is 27.6. The molecule has 0 aliphatic carbocycles. The maximum absolute atomic E-state index is 12.9. The minimum atomic E-state index is -4.47. The van der Waals surface area contributed by atoms with Gasteiger partial charge in [-0.25, -0.2) is 15.0 Å². The molecule has 0 radical (unpaired) electrons. The van der Waals surface area contributed by atoms with Crippen LogP contribution in [0.4, 0.5) is 19.0 Å². The van der Waals surface area contributed by atoms with Gasteiger partial charge in [0.05, 0.1) is 22.6 Å². The summed E-state index contributed by atoms with van der Waals surface area (Å²) in [5, 5.41) is 9.54. The SMILES string of the molecule is C[C@@H](NC(=O)c1ncnc(NCCN)c1Cl)c1cc(-c2nc3ccc(C(F)(F)F)cc3[nH]2)no1. The van der Waals surface area contributed by atoms with Crippen LogP contribution in [0.25, 0.3) is 22.6 Å². The van der Waals surface area contributed by atoms with Gasteiger partial charge in [0.15, 0.2) is 17.3 Å². The largest absolute Gasteiger partial charge is 0.416 e. The van der Waals surface area contributed by atoms with Crippen molar-refractivity contribution in [2.45, 2.75) is 19.1 Å². The highest BCUT2D eigenvalue weighted by molar-refractivity contribution is 6.35. The predicted molar refractivity (Wildman–Crippen MR) is 117 cm³/mol. The Balaban J connectivity index is 1.51. The number of hydrogen-bond acceptors (Lipinski definition) is 8. The summed E-state index contributed by atoms with van der Waals surface area (Å²) in [7, 11) is 0. The third-order valence-electron chi connectivity index (χ3n) is 4.80. The second-order valence-electron chi connectivity index (χ2n) is 7.23. The number of nitrogens with zero attached hydrogens (tertiary/aromatic N) is 4. The Hall–Kier alpha value is -3.71. The van der Waals surface area contributed by atoms with Crippen molar-refractivity contribution >= 4 is 34.4 Å². The molecule has 34 heavy (non-hydrogen) atoms. The van der Waals surface area contributed by atoms with E-state index < -0.39 is 23.7 Å². The van der Waals surface area contributed by atoms with Gasteiger partial charge >= 0.3 is 6.18 Å². The van der Waals surface area contributed by atoms with Crippen LogP contribution in [0.15, 0.2) is 35.1 Å². The molecule has 4 aromatic rings. The lowest BCUT2D eigenvalue weighted by Crippen LogP contribution is -2.28. The van der Waals surface area contributed by atoms with E-state index in [4.69, 9.17) is 21.9 Å². The van der Waals surface area contributed by atoms with Crippen molar-refractivity contribution in [2.75, 3.05) is 18.4 Å². The number of amides is 1. The van der Waals surface area contributed by atoms with E-state index in [2.05, 4.69) is 35.7 Å². The van der Waals surface area contributed by atoms with Gasteiger partial charge < -0.3 is 25.9 Å². The molecule has 3 heterocycles. The highest BCUT2D eigenvalue weighted by Crippen LogP contribution is 2.32. The van der Waals surface area contributed by atoms with Crippen LogP contribution in [0.1, 0.15) is 34.8 Å². The van der Waals surface area contributed by atoms with Crippen LogP contribution in [-0.4, -0.2) is 44.1 Å². The number of rotatable bonds is 7. The van der Waals surface area contributed by atoms with Gasteiger partial charge in [-0.05, 0) is 25.1 Å². The molecule has 0 saturated carbocycles. The molecule has 5 N–H and O–H groups in total. The van der Waals surface area contributed by atoms with Gasteiger partial charge in [-0.2, -0.15) is 13.2 Å². The van der Waals surface area contributed by atoms with Gasteiger partial charge in [-0.15, -0.1) is 0 Å². The Labute approximate surface area is 195 Å². The smallest absolute Gasteiger partial charge is 0.367 e. The molecule has 0 bridgehead atoms. The molecule has 0 unspecified atom stereocenters. The fourth-order valence-corrected chi connectivity index (χ4v) is 3.34. The fourth-order valence-electron chi connectivity index (χ4n) is 3.09. The molecule has 4 rings (SSSR count). The number of imidazole rings is 1. The van der Waals surface area contributed by atoms with E-state index >= 15 is 0 Å². The van der Waals surface area contributed by atoms with E-state index in [1.165, 1.54) is 18.5 Å². The summed E-state index contributed by atoms with van der Waals surface area (Å²) in [5.41, 5.74) is 5.41. The fraction of sp³-hybridized carbons (Fsp3) is 0.250. The van der Waals surface area contributed by atoms with Gasteiger partial charge in [-0.1, -0.05) is 16.8 Å². The quantitative estimate of drug-likeness (QED) is 0.305. The number of benzene rings is 1. The highest BCUT2D eigenvalue weighted by Gasteiger charge is 2.31. The standard InChI is InChI=1S/C20H18ClF3N8O2/c1-9(29-19(33)16-15(21)18(26-5-4-25)28-8-27-16)14-7-13(32-34-14)17-30-11-3-2-10(20(22,23)24)6-12(11)31-17/h2-3,6-9H,4-5,25H2,1H3,(H,29,33)(H,30,31)(H,26,27,28)/t9-/m1/s1. The second-order valence-corrected chi connectivity index (χ2v) is 7.60. The predicted octanol–water partition coefficient (Wildman–Crippen LogP) is 3.54. The van der Waals surface area contributed by atoms with Crippen molar-refractivity contribution in [3.8, 4) is 11.5 Å². The summed E-state index contributed by atoms with van der Waals surface area (Å²) in [6.45, 7) is 2.41. The van der Waals surface area contributed by atoms with Crippen LogP contribution in [0.3, 0.4) is 0 Å². The van der Waals surface area contributed by atoms with Gasteiger partial charge in [0.25, 0.3) is 5.91 Å². The van der Waals surface area contributed by atoms with E-state index in [0.29, 0.717) is 18.6 Å². The lowest BCUT2D eigenvalue weighted by atomic mass is 10.2. The van der Waals surface area contributed by atoms with E-state index in [0.717, 1.165) is 12.1 Å². The summed E-state index contributed by atoms with van der Waals surface area (Å²) < 4.78 is 44.1. The Bertz CT molecular complexity index is 1340. The van der Waals surface area contributed by atoms with Crippen molar-refractivity contribution in [3.05, 3.63) is 52.6 Å². The van der Waals surface area contributed by atoms with Crippen molar-refractivity contribution in [1.29, 1.82) is 0 Å². The van der Waals surface area contributed by atoms with Crippen LogP contribution < -0.4 is 16.4 Å². The Morgan fingerprint density at radius 1 is 1.29 bits per heavy atom. The first-order valence-corrected chi connectivity index (χ1v) is 10.3. The molecule has 0 aliphatic rings. The average molecular weight is 495 g/mol. The van der Waals surface area contributed by atoms with Gasteiger partial charge in [0, 0.05) is 19.2 Å². The summed E-state index contributed by atoms with van der Waals surface area (Å²) in [6.07, 6.45) is -3.27. The number of hydrogen-bond donors (Lipinski definition) is 4. The minimum Gasteiger partial charge on any atom is -0.367 e. The van der Waals surface area contributed by atoms with Gasteiger partial charge in [0.1, 0.15) is 22.9 Å². The van der Waals surface area contributed by atoms with Crippen molar-refractivity contribution < 1.29 is 22.5 Å². The zero-order valence-electron chi connectivity index (χ0n) is 17.6. The maximum atomic E-state index is 12.9. The van der Waals surface area contributed by atoms with Crippen LogP contribution in [0.5, 0.6) is 0 Å². The number of alkyl halides is 3. The number of H-pyrrole nitrogens is 1. The normalized spacial score (nSPS) is 12.6. The number of nitrogens with one attached hydrogen (secondary N) is 3. The van der Waals surface area contributed by atoms with E-state index in [1.54, 1.807) is 6.92 Å². The molecular weight excluding hydrogens is 477 g/mol.